The van der Waals surface area contributed by atoms with Crippen LogP contribution in [0, 0.1) is 5.92 Å². The maximum absolute atomic E-state index is 12.3. The molecule has 1 amide bonds. The molecule has 0 aliphatic carbocycles. The van der Waals surface area contributed by atoms with Gasteiger partial charge in [0.1, 0.15) is 17.2 Å². The summed E-state index contributed by atoms with van der Waals surface area (Å²) in [5.74, 6) is 1.75. The van der Waals surface area contributed by atoms with Gasteiger partial charge in [-0.15, -0.1) is 0 Å². The van der Waals surface area contributed by atoms with Crippen LogP contribution < -0.4 is 10.1 Å². The SMILES string of the molecule is CC(C)N1CCC(CNC(=O)c2ccc(Oc3ccccc3)cn2)C1. The van der Waals surface area contributed by atoms with Crippen LogP contribution in [0.1, 0.15) is 30.8 Å². The van der Waals surface area contributed by atoms with Gasteiger partial charge in [0, 0.05) is 19.1 Å². The van der Waals surface area contributed by atoms with E-state index in [1.54, 1.807) is 18.3 Å². The Morgan fingerprint density at radius 1 is 1.24 bits per heavy atom. The van der Waals surface area contributed by atoms with Gasteiger partial charge in [-0.2, -0.15) is 0 Å². The molecule has 25 heavy (non-hydrogen) atoms. The van der Waals surface area contributed by atoms with Crippen LogP contribution in [0.2, 0.25) is 0 Å². The molecule has 1 aliphatic rings. The van der Waals surface area contributed by atoms with Crippen LogP contribution in [0.25, 0.3) is 0 Å². The number of para-hydroxylation sites is 1. The summed E-state index contributed by atoms with van der Waals surface area (Å²) in [6.45, 7) is 7.29. The molecule has 132 valence electrons. The van der Waals surface area contributed by atoms with Crippen LogP contribution in [-0.2, 0) is 0 Å². The first kappa shape index (κ1) is 17.4. The van der Waals surface area contributed by atoms with Gasteiger partial charge < -0.3 is 15.0 Å². The molecule has 1 fully saturated rings. The summed E-state index contributed by atoms with van der Waals surface area (Å²) in [5, 5.41) is 3.00. The zero-order valence-electron chi connectivity index (χ0n) is 14.8. The second kappa shape index (κ2) is 8.12. The Morgan fingerprint density at radius 2 is 2.04 bits per heavy atom. The number of likely N-dealkylation sites (tertiary alicyclic amines) is 1. The summed E-state index contributed by atoms with van der Waals surface area (Å²) in [7, 11) is 0. The van der Waals surface area contributed by atoms with E-state index < -0.39 is 0 Å². The average molecular weight is 339 g/mol. The fourth-order valence-electron chi connectivity index (χ4n) is 3.03. The van der Waals surface area contributed by atoms with Gasteiger partial charge in [0.2, 0.25) is 0 Å². The third-order valence-corrected chi connectivity index (χ3v) is 4.55. The number of hydrogen-bond donors (Lipinski definition) is 1. The van der Waals surface area contributed by atoms with Crippen LogP contribution in [-0.4, -0.2) is 41.5 Å². The van der Waals surface area contributed by atoms with Gasteiger partial charge in [-0.05, 0) is 57.0 Å². The molecule has 2 aromatic rings. The van der Waals surface area contributed by atoms with Crippen molar-refractivity contribution in [3.63, 3.8) is 0 Å². The zero-order valence-corrected chi connectivity index (χ0v) is 14.8. The summed E-state index contributed by atoms with van der Waals surface area (Å²) in [5.41, 5.74) is 0.416. The number of amides is 1. The highest BCUT2D eigenvalue weighted by atomic mass is 16.5. The lowest BCUT2D eigenvalue weighted by atomic mass is 10.1. The number of nitrogens with one attached hydrogen (secondary N) is 1. The van der Waals surface area contributed by atoms with E-state index in [2.05, 4.69) is 29.0 Å². The lowest BCUT2D eigenvalue weighted by Gasteiger charge is -2.20. The zero-order chi connectivity index (χ0) is 17.6. The minimum atomic E-state index is -0.130. The monoisotopic (exact) mass is 339 g/mol. The highest BCUT2D eigenvalue weighted by Gasteiger charge is 2.24. The standard InChI is InChI=1S/C20H25N3O2/c1-15(2)23-11-10-16(14-23)12-22-20(24)19-9-8-18(13-21-19)25-17-6-4-3-5-7-17/h3-9,13,15-16H,10-12,14H2,1-2H3,(H,22,24). The fourth-order valence-corrected chi connectivity index (χ4v) is 3.03. The number of nitrogens with zero attached hydrogens (tertiary/aromatic N) is 2. The van der Waals surface area contributed by atoms with Gasteiger partial charge in [0.15, 0.2) is 0 Å². The molecule has 1 aliphatic heterocycles. The number of benzene rings is 1. The molecule has 1 atom stereocenters. The molecule has 5 heteroatoms. The summed E-state index contributed by atoms with van der Waals surface area (Å²) >= 11 is 0. The minimum Gasteiger partial charge on any atom is -0.456 e. The van der Waals surface area contributed by atoms with Crippen molar-refractivity contribution in [3.8, 4) is 11.5 Å². The summed E-state index contributed by atoms with van der Waals surface area (Å²) in [6, 6.07) is 13.5. The second-order valence-electron chi connectivity index (χ2n) is 6.75. The molecule has 1 N–H and O–H groups in total. The van der Waals surface area contributed by atoms with Gasteiger partial charge in [-0.1, -0.05) is 18.2 Å². The molecule has 2 heterocycles. The van der Waals surface area contributed by atoms with Crippen molar-refractivity contribution in [2.24, 2.45) is 5.92 Å². The molecule has 0 bridgehead atoms. The largest absolute Gasteiger partial charge is 0.456 e. The van der Waals surface area contributed by atoms with Crippen LogP contribution in [0.5, 0.6) is 11.5 Å². The molecule has 0 radical (unpaired) electrons. The molecule has 1 aromatic carbocycles. The molecule has 5 nitrogen and oxygen atoms in total. The van der Waals surface area contributed by atoms with Gasteiger partial charge in [0.05, 0.1) is 6.20 Å². The number of ether oxygens (including phenoxy) is 1. The van der Waals surface area contributed by atoms with Crippen LogP contribution in [0.15, 0.2) is 48.7 Å². The van der Waals surface area contributed by atoms with Gasteiger partial charge in [0.25, 0.3) is 5.91 Å². The quantitative estimate of drug-likeness (QED) is 0.877. The van der Waals surface area contributed by atoms with Crippen molar-refractivity contribution < 1.29 is 9.53 Å². The third kappa shape index (κ3) is 4.79. The Morgan fingerprint density at radius 3 is 2.68 bits per heavy atom. The van der Waals surface area contributed by atoms with E-state index in [1.165, 1.54) is 0 Å². The van der Waals surface area contributed by atoms with Gasteiger partial charge in [-0.3, -0.25) is 4.79 Å². The Balaban J connectivity index is 1.49. The number of carbonyl (C=O) groups excluding carboxylic acids is 1. The Hall–Kier alpha value is -2.40. The predicted octanol–water partition coefficient (Wildman–Crippen LogP) is 3.33. The van der Waals surface area contributed by atoms with Gasteiger partial charge >= 0.3 is 0 Å². The van der Waals surface area contributed by atoms with E-state index in [4.69, 9.17) is 4.74 Å². The number of pyridine rings is 1. The van der Waals surface area contributed by atoms with E-state index in [0.29, 0.717) is 29.9 Å². The maximum atomic E-state index is 12.3. The first-order chi connectivity index (χ1) is 12.1. The predicted molar refractivity (Wildman–Crippen MR) is 97.9 cm³/mol. The third-order valence-electron chi connectivity index (χ3n) is 4.55. The number of rotatable bonds is 6. The molecular formula is C20H25N3O2. The topological polar surface area (TPSA) is 54.5 Å². The van der Waals surface area contributed by atoms with Crippen molar-refractivity contribution in [2.45, 2.75) is 26.3 Å². The van der Waals surface area contributed by atoms with E-state index in [9.17, 15) is 4.79 Å². The van der Waals surface area contributed by atoms with E-state index >= 15 is 0 Å². The molecule has 1 saturated heterocycles. The van der Waals surface area contributed by atoms with E-state index in [-0.39, 0.29) is 5.91 Å². The second-order valence-corrected chi connectivity index (χ2v) is 6.75. The van der Waals surface area contributed by atoms with Crippen molar-refractivity contribution in [1.82, 2.24) is 15.2 Å². The van der Waals surface area contributed by atoms with E-state index in [1.807, 2.05) is 30.3 Å². The Kier molecular flexibility index (Phi) is 5.66. The first-order valence-corrected chi connectivity index (χ1v) is 8.83. The molecule has 1 aromatic heterocycles. The number of aromatic nitrogens is 1. The number of carbonyl (C=O) groups is 1. The lowest BCUT2D eigenvalue weighted by molar-refractivity contribution is 0.0942. The van der Waals surface area contributed by atoms with Crippen molar-refractivity contribution >= 4 is 5.91 Å². The smallest absolute Gasteiger partial charge is 0.269 e. The molecule has 0 spiro atoms. The van der Waals surface area contributed by atoms with Crippen molar-refractivity contribution in [1.29, 1.82) is 0 Å². The molecule has 3 rings (SSSR count). The summed E-state index contributed by atoms with van der Waals surface area (Å²) in [4.78, 5) is 18.9. The summed E-state index contributed by atoms with van der Waals surface area (Å²) < 4.78 is 5.69. The minimum absolute atomic E-state index is 0.130. The molecular weight excluding hydrogens is 314 g/mol. The fraction of sp³-hybridized carbons (Fsp3) is 0.400. The average Bonchev–Trinajstić information content (AvgIpc) is 3.11. The normalized spacial score (nSPS) is 17.6. The van der Waals surface area contributed by atoms with Gasteiger partial charge in [-0.25, -0.2) is 4.98 Å². The molecule has 0 saturated carbocycles. The van der Waals surface area contributed by atoms with Crippen LogP contribution >= 0.6 is 0 Å². The highest BCUT2D eigenvalue weighted by molar-refractivity contribution is 5.92. The van der Waals surface area contributed by atoms with E-state index in [0.717, 1.165) is 25.3 Å². The van der Waals surface area contributed by atoms with Crippen molar-refractivity contribution in [2.75, 3.05) is 19.6 Å². The van der Waals surface area contributed by atoms with Crippen LogP contribution in [0.3, 0.4) is 0 Å². The number of hydrogen-bond acceptors (Lipinski definition) is 4. The lowest BCUT2D eigenvalue weighted by Crippen LogP contribution is -2.33. The van der Waals surface area contributed by atoms with Crippen molar-refractivity contribution in [3.05, 3.63) is 54.4 Å². The maximum Gasteiger partial charge on any atom is 0.269 e. The Bertz CT molecular complexity index is 686. The molecule has 1 unspecified atom stereocenters. The van der Waals surface area contributed by atoms with Crippen LogP contribution in [0.4, 0.5) is 0 Å². The first-order valence-electron chi connectivity index (χ1n) is 8.83. The highest BCUT2D eigenvalue weighted by Crippen LogP contribution is 2.20. The Labute approximate surface area is 149 Å². The summed E-state index contributed by atoms with van der Waals surface area (Å²) in [6.07, 6.45) is 2.72.